The van der Waals surface area contributed by atoms with Crippen LogP contribution in [0.15, 0.2) is 39.7 Å². The molecule has 1 aromatic heterocycles. The van der Waals surface area contributed by atoms with E-state index in [-0.39, 0.29) is 11.0 Å². The summed E-state index contributed by atoms with van der Waals surface area (Å²) in [7, 11) is 3.34. The monoisotopic (exact) mass is 391 g/mol. The first-order valence-electron chi connectivity index (χ1n) is 8.16. The van der Waals surface area contributed by atoms with Crippen molar-refractivity contribution in [3.63, 3.8) is 0 Å². The van der Waals surface area contributed by atoms with E-state index in [1.54, 1.807) is 20.4 Å². The third kappa shape index (κ3) is 3.20. The Hall–Kier alpha value is -1.82. The Balaban J connectivity index is 1.87. The van der Waals surface area contributed by atoms with Crippen LogP contribution in [0.4, 0.5) is 5.69 Å². The van der Waals surface area contributed by atoms with Crippen LogP contribution in [0, 0.1) is 0 Å². The van der Waals surface area contributed by atoms with Gasteiger partial charge in [-0.25, -0.2) is 4.68 Å². The average Bonchev–Trinajstić information content (AvgIpc) is 3.09. The lowest BCUT2D eigenvalue weighted by Crippen LogP contribution is -2.32. The number of hydrogen-bond donors (Lipinski definition) is 1. The molecule has 5 nitrogen and oxygen atoms in total. The number of nitrogens with zero attached hydrogens (tertiary/aromatic N) is 2. The van der Waals surface area contributed by atoms with Gasteiger partial charge in [-0.2, -0.15) is 5.10 Å². The minimum atomic E-state index is -0.137. The van der Waals surface area contributed by atoms with E-state index < -0.39 is 0 Å². The maximum absolute atomic E-state index is 12.0. The SMILES string of the molecule is COc1cccc(C2(CNc3cnn(C)c(=O)c3Br)CCCC2)c1. The molecule has 0 unspecified atom stereocenters. The second-order valence-electron chi connectivity index (χ2n) is 6.37. The lowest BCUT2D eigenvalue weighted by molar-refractivity contribution is 0.409. The van der Waals surface area contributed by atoms with Gasteiger partial charge in [0, 0.05) is 19.0 Å². The molecule has 3 rings (SSSR count). The number of anilines is 1. The highest BCUT2D eigenvalue weighted by atomic mass is 79.9. The molecule has 1 heterocycles. The van der Waals surface area contributed by atoms with Crippen LogP contribution >= 0.6 is 15.9 Å². The van der Waals surface area contributed by atoms with Crippen LogP contribution in [0.2, 0.25) is 0 Å². The van der Waals surface area contributed by atoms with Gasteiger partial charge in [-0.05, 0) is 46.5 Å². The highest BCUT2D eigenvalue weighted by Gasteiger charge is 2.35. The Kier molecular flexibility index (Phi) is 4.94. The van der Waals surface area contributed by atoms with Crippen LogP contribution in [0.3, 0.4) is 0 Å². The molecule has 0 bridgehead atoms. The van der Waals surface area contributed by atoms with Gasteiger partial charge in [0.2, 0.25) is 0 Å². The average molecular weight is 392 g/mol. The molecule has 0 saturated heterocycles. The van der Waals surface area contributed by atoms with E-state index >= 15 is 0 Å². The zero-order valence-corrected chi connectivity index (χ0v) is 15.6. The molecule has 0 spiro atoms. The topological polar surface area (TPSA) is 56.1 Å². The molecule has 1 aliphatic rings. The summed E-state index contributed by atoms with van der Waals surface area (Å²) >= 11 is 3.38. The number of ether oxygens (including phenoxy) is 1. The molecule has 0 aliphatic heterocycles. The normalized spacial score (nSPS) is 16.1. The first-order chi connectivity index (χ1) is 11.6. The molecule has 0 atom stereocenters. The number of methoxy groups -OCH3 is 1. The van der Waals surface area contributed by atoms with Gasteiger partial charge in [-0.15, -0.1) is 0 Å². The number of aromatic nitrogens is 2. The van der Waals surface area contributed by atoms with E-state index in [2.05, 4.69) is 38.5 Å². The molecule has 24 heavy (non-hydrogen) atoms. The number of rotatable bonds is 5. The maximum Gasteiger partial charge on any atom is 0.282 e. The minimum absolute atomic E-state index is 0.0645. The van der Waals surface area contributed by atoms with Gasteiger partial charge in [0.25, 0.3) is 5.56 Å². The number of benzene rings is 1. The summed E-state index contributed by atoms with van der Waals surface area (Å²) < 4.78 is 7.24. The molecular weight excluding hydrogens is 370 g/mol. The fourth-order valence-corrected chi connectivity index (χ4v) is 3.97. The molecule has 0 radical (unpaired) electrons. The van der Waals surface area contributed by atoms with Gasteiger partial charge in [0.1, 0.15) is 10.2 Å². The Morgan fingerprint density at radius 2 is 2.12 bits per heavy atom. The Labute approximate surface area is 150 Å². The Morgan fingerprint density at radius 1 is 1.38 bits per heavy atom. The first-order valence-corrected chi connectivity index (χ1v) is 8.95. The van der Waals surface area contributed by atoms with Crippen LogP contribution in [-0.4, -0.2) is 23.4 Å². The van der Waals surface area contributed by atoms with E-state index in [1.807, 2.05) is 12.1 Å². The zero-order chi connectivity index (χ0) is 17.2. The standard InChI is InChI=1S/C18H22BrN3O2/c1-22-17(23)16(19)15(11-21-22)20-12-18(8-3-4-9-18)13-6-5-7-14(10-13)24-2/h5-7,10-11,20H,3-4,8-9,12H2,1-2H3. The van der Waals surface area contributed by atoms with Gasteiger partial charge < -0.3 is 10.1 Å². The van der Waals surface area contributed by atoms with Gasteiger partial charge in [0.15, 0.2) is 0 Å². The van der Waals surface area contributed by atoms with E-state index in [0.29, 0.717) is 4.47 Å². The van der Waals surface area contributed by atoms with Crippen LogP contribution in [0.5, 0.6) is 5.75 Å². The highest BCUT2D eigenvalue weighted by molar-refractivity contribution is 9.10. The fraction of sp³-hybridized carbons (Fsp3) is 0.444. The smallest absolute Gasteiger partial charge is 0.282 e. The predicted octanol–water partition coefficient (Wildman–Crippen LogP) is 3.48. The van der Waals surface area contributed by atoms with Crippen molar-refractivity contribution in [1.29, 1.82) is 0 Å². The van der Waals surface area contributed by atoms with Crippen molar-refractivity contribution >= 4 is 21.6 Å². The van der Waals surface area contributed by atoms with Crippen LogP contribution in [0.25, 0.3) is 0 Å². The molecule has 0 amide bonds. The Bertz CT molecular complexity index is 782. The van der Waals surface area contributed by atoms with E-state index in [1.165, 1.54) is 23.1 Å². The second kappa shape index (κ2) is 6.97. The van der Waals surface area contributed by atoms with E-state index in [4.69, 9.17) is 4.74 Å². The summed E-state index contributed by atoms with van der Waals surface area (Å²) in [6.45, 7) is 0.771. The number of hydrogen-bond acceptors (Lipinski definition) is 4. The lowest BCUT2D eigenvalue weighted by Gasteiger charge is -2.31. The van der Waals surface area contributed by atoms with Crippen LogP contribution < -0.4 is 15.6 Å². The summed E-state index contributed by atoms with van der Waals surface area (Å²) in [6.07, 6.45) is 6.38. The zero-order valence-electron chi connectivity index (χ0n) is 14.0. The molecule has 1 aliphatic carbocycles. The van der Waals surface area contributed by atoms with Crippen LogP contribution in [0.1, 0.15) is 31.2 Å². The largest absolute Gasteiger partial charge is 0.497 e. The summed E-state index contributed by atoms with van der Waals surface area (Å²) in [5, 5.41) is 7.54. The van der Waals surface area contributed by atoms with Crippen LogP contribution in [-0.2, 0) is 12.5 Å². The molecule has 6 heteroatoms. The Morgan fingerprint density at radius 3 is 2.83 bits per heavy atom. The molecule has 1 N–H and O–H groups in total. The lowest BCUT2D eigenvalue weighted by atomic mass is 9.78. The summed E-state index contributed by atoms with van der Waals surface area (Å²) in [6, 6.07) is 8.32. The molecule has 1 saturated carbocycles. The third-order valence-electron chi connectivity index (χ3n) is 4.94. The van der Waals surface area contributed by atoms with Gasteiger partial charge >= 0.3 is 0 Å². The van der Waals surface area contributed by atoms with Crippen molar-refractivity contribution < 1.29 is 4.74 Å². The van der Waals surface area contributed by atoms with Gasteiger partial charge in [-0.1, -0.05) is 25.0 Å². The van der Waals surface area contributed by atoms with Crippen molar-refractivity contribution in [3.05, 3.63) is 50.9 Å². The van der Waals surface area contributed by atoms with E-state index in [0.717, 1.165) is 30.8 Å². The summed E-state index contributed by atoms with van der Waals surface area (Å²) in [5.41, 5.74) is 1.96. The van der Waals surface area contributed by atoms with Crippen molar-refractivity contribution in [2.75, 3.05) is 19.0 Å². The number of halogens is 1. The first kappa shape index (κ1) is 17.0. The molecule has 2 aromatic rings. The molecule has 1 fully saturated rings. The molecule has 1 aromatic carbocycles. The van der Waals surface area contributed by atoms with Gasteiger partial charge in [-0.3, -0.25) is 4.79 Å². The van der Waals surface area contributed by atoms with E-state index in [9.17, 15) is 4.79 Å². The van der Waals surface area contributed by atoms with Crippen molar-refractivity contribution in [3.8, 4) is 5.75 Å². The number of aryl methyl sites for hydroxylation is 1. The summed E-state index contributed by atoms with van der Waals surface area (Å²) in [5.74, 6) is 0.884. The third-order valence-corrected chi connectivity index (χ3v) is 5.70. The fourth-order valence-electron chi connectivity index (χ4n) is 3.47. The molecule has 128 valence electrons. The predicted molar refractivity (Wildman–Crippen MR) is 98.8 cm³/mol. The summed E-state index contributed by atoms with van der Waals surface area (Å²) in [4.78, 5) is 12.0. The van der Waals surface area contributed by atoms with Crippen molar-refractivity contribution in [2.24, 2.45) is 7.05 Å². The second-order valence-corrected chi connectivity index (χ2v) is 7.17. The minimum Gasteiger partial charge on any atom is -0.497 e. The quantitative estimate of drug-likeness (QED) is 0.847. The van der Waals surface area contributed by atoms with Crippen molar-refractivity contribution in [2.45, 2.75) is 31.1 Å². The van der Waals surface area contributed by atoms with Crippen molar-refractivity contribution in [1.82, 2.24) is 9.78 Å². The number of nitrogens with one attached hydrogen (secondary N) is 1. The highest BCUT2D eigenvalue weighted by Crippen LogP contribution is 2.42. The maximum atomic E-state index is 12.0. The molecular formula is C18H22BrN3O2. The van der Waals surface area contributed by atoms with Gasteiger partial charge in [0.05, 0.1) is 19.0 Å².